The van der Waals surface area contributed by atoms with Crippen LogP contribution < -0.4 is 0 Å². The molecule has 0 spiro atoms. The molecule has 0 atom stereocenters. The van der Waals surface area contributed by atoms with Crippen LogP contribution in [-0.4, -0.2) is 29.1 Å². The molecule has 0 fully saturated rings. The first kappa shape index (κ1) is 13.2. The Morgan fingerprint density at radius 1 is 1.50 bits per heavy atom. The van der Waals surface area contributed by atoms with Gasteiger partial charge >= 0.3 is 5.97 Å². The smallest absolute Gasteiger partial charge is 0.317 e. The van der Waals surface area contributed by atoms with Crippen LogP contribution in [0.4, 0.5) is 0 Å². The molecule has 3 nitrogen and oxygen atoms in total. The molecule has 1 heterocycles. The van der Waals surface area contributed by atoms with E-state index < -0.39 is 5.97 Å². The Kier molecular flexibility index (Phi) is 4.96. The van der Waals surface area contributed by atoms with Gasteiger partial charge in [-0.25, -0.2) is 0 Å². The standard InChI is InChI=1S/C12H19NO2S/c1-4-5-13(8-12(14)15)7-11-6-9(2)16-10(11)3/h6H,4-5,7-8H2,1-3H3,(H,14,15). The summed E-state index contributed by atoms with van der Waals surface area (Å²) in [7, 11) is 0. The van der Waals surface area contributed by atoms with Crippen LogP contribution in [0.5, 0.6) is 0 Å². The van der Waals surface area contributed by atoms with Gasteiger partial charge in [0.25, 0.3) is 0 Å². The minimum atomic E-state index is -0.752. The monoisotopic (exact) mass is 241 g/mol. The molecule has 0 bridgehead atoms. The predicted molar refractivity (Wildman–Crippen MR) is 67.0 cm³/mol. The minimum absolute atomic E-state index is 0.127. The summed E-state index contributed by atoms with van der Waals surface area (Å²) in [4.78, 5) is 15.3. The van der Waals surface area contributed by atoms with Crippen LogP contribution in [0.2, 0.25) is 0 Å². The summed E-state index contributed by atoms with van der Waals surface area (Å²) in [6.45, 7) is 7.96. The molecular formula is C12H19NO2S. The highest BCUT2D eigenvalue weighted by Crippen LogP contribution is 2.21. The molecule has 0 amide bonds. The fraction of sp³-hybridized carbons (Fsp3) is 0.583. The highest BCUT2D eigenvalue weighted by molar-refractivity contribution is 7.12. The zero-order chi connectivity index (χ0) is 12.1. The van der Waals surface area contributed by atoms with Crippen molar-refractivity contribution in [3.63, 3.8) is 0 Å². The van der Waals surface area contributed by atoms with Gasteiger partial charge < -0.3 is 5.11 Å². The molecule has 0 aromatic carbocycles. The molecule has 4 heteroatoms. The first-order valence-corrected chi connectivity index (χ1v) is 6.34. The van der Waals surface area contributed by atoms with Crippen LogP contribution in [0.1, 0.15) is 28.7 Å². The normalized spacial score (nSPS) is 11.0. The third-order valence-corrected chi connectivity index (χ3v) is 3.44. The van der Waals surface area contributed by atoms with Crippen molar-refractivity contribution in [3.05, 3.63) is 21.4 Å². The van der Waals surface area contributed by atoms with Gasteiger partial charge in [-0.05, 0) is 38.4 Å². The van der Waals surface area contributed by atoms with E-state index >= 15 is 0 Å². The summed E-state index contributed by atoms with van der Waals surface area (Å²) in [5.41, 5.74) is 1.26. The van der Waals surface area contributed by atoms with Crippen molar-refractivity contribution >= 4 is 17.3 Å². The molecule has 90 valence electrons. The average molecular weight is 241 g/mol. The van der Waals surface area contributed by atoms with Gasteiger partial charge in [-0.3, -0.25) is 9.69 Å². The Balaban J connectivity index is 2.66. The van der Waals surface area contributed by atoms with Crippen molar-refractivity contribution in [2.24, 2.45) is 0 Å². The molecule has 0 saturated heterocycles. The Labute approximate surface area is 101 Å². The Morgan fingerprint density at radius 2 is 2.19 bits per heavy atom. The number of hydrogen-bond donors (Lipinski definition) is 1. The van der Waals surface area contributed by atoms with Crippen molar-refractivity contribution < 1.29 is 9.90 Å². The Bertz CT molecular complexity index is 360. The number of thiophene rings is 1. The average Bonchev–Trinajstić information content (AvgIpc) is 2.44. The van der Waals surface area contributed by atoms with E-state index in [0.29, 0.717) is 0 Å². The number of carboxylic acids is 1. The second-order valence-electron chi connectivity index (χ2n) is 4.04. The number of carboxylic acid groups (broad SMARTS) is 1. The predicted octanol–water partition coefficient (Wildman–Crippen LogP) is 2.66. The molecule has 0 aliphatic carbocycles. The Morgan fingerprint density at radius 3 is 2.62 bits per heavy atom. The van der Waals surface area contributed by atoms with Crippen molar-refractivity contribution in [1.29, 1.82) is 0 Å². The number of hydrogen-bond acceptors (Lipinski definition) is 3. The lowest BCUT2D eigenvalue weighted by Gasteiger charge is -2.19. The van der Waals surface area contributed by atoms with E-state index in [9.17, 15) is 4.79 Å². The van der Waals surface area contributed by atoms with Crippen LogP contribution >= 0.6 is 11.3 Å². The molecule has 0 aliphatic rings. The van der Waals surface area contributed by atoms with E-state index in [1.165, 1.54) is 15.3 Å². The van der Waals surface area contributed by atoms with Crippen LogP contribution in [0.25, 0.3) is 0 Å². The quantitative estimate of drug-likeness (QED) is 0.832. The molecule has 0 saturated carbocycles. The van der Waals surface area contributed by atoms with Crippen LogP contribution in [0.15, 0.2) is 6.07 Å². The van der Waals surface area contributed by atoms with Crippen LogP contribution in [-0.2, 0) is 11.3 Å². The number of rotatable bonds is 6. The lowest BCUT2D eigenvalue weighted by Crippen LogP contribution is -2.30. The Hall–Kier alpha value is -0.870. The van der Waals surface area contributed by atoms with E-state index in [0.717, 1.165) is 19.5 Å². The second-order valence-corrected chi connectivity index (χ2v) is 5.50. The topological polar surface area (TPSA) is 40.5 Å². The van der Waals surface area contributed by atoms with Gasteiger partial charge in [0.2, 0.25) is 0 Å². The van der Waals surface area contributed by atoms with Gasteiger partial charge in [0.05, 0.1) is 6.54 Å². The maximum atomic E-state index is 10.7. The first-order valence-electron chi connectivity index (χ1n) is 5.53. The highest BCUT2D eigenvalue weighted by atomic mass is 32.1. The first-order chi connectivity index (χ1) is 7.52. The van der Waals surface area contributed by atoms with E-state index in [-0.39, 0.29) is 6.54 Å². The molecule has 0 unspecified atom stereocenters. The van der Waals surface area contributed by atoms with Crippen molar-refractivity contribution in [1.82, 2.24) is 4.90 Å². The lowest BCUT2D eigenvalue weighted by atomic mass is 10.2. The molecule has 16 heavy (non-hydrogen) atoms. The van der Waals surface area contributed by atoms with Gasteiger partial charge in [-0.2, -0.15) is 0 Å². The summed E-state index contributed by atoms with van der Waals surface area (Å²) >= 11 is 1.77. The summed E-state index contributed by atoms with van der Waals surface area (Å²) in [5.74, 6) is -0.752. The molecule has 0 aliphatic heterocycles. The van der Waals surface area contributed by atoms with Gasteiger partial charge in [-0.1, -0.05) is 6.92 Å². The number of aliphatic carboxylic acids is 1. The number of nitrogens with zero attached hydrogens (tertiary/aromatic N) is 1. The maximum absolute atomic E-state index is 10.7. The summed E-state index contributed by atoms with van der Waals surface area (Å²) in [6.07, 6.45) is 0.982. The summed E-state index contributed by atoms with van der Waals surface area (Å²) < 4.78 is 0. The second kappa shape index (κ2) is 6.01. The van der Waals surface area contributed by atoms with Crippen molar-refractivity contribution in [2.75, 3.05) is 13.1 Å². The zero-order valence-corrected chi connectivity index (χ0v) is 10.9. The molecule has 0 radical (unpaired) electrons. The molecule has 1 aromatic heterocycles. The summed E-state index contributed by atoms with van der Waals surface area (Å²) in [6, 6.07) is 2.16. The van der Waals surface area contributed by atoms with E-state index in [1.54, 1.807) is 11.3 Å². The van der Waals surface area contributed by atoms with Gasteiger partial charge in [-0.15, -0.1) is 11.3 Å². The SMILES string of the molecule is CCCN(CC(=O)O)Cc1cc(C)sc1C. The number of aryl methyl sites for hydroxylation is 2. The summed E-state index contributed by atoms with van der Waals surface area (Å²) in [5, 5.41) is 8.82. The minimum Gasteiger partial charge on any atom is -0.480 e. The maximum Gasteiger partial charge on any atom is 0.317 e. The highest BCUT2D eigenvalue weighted by Gasteiger charge is 2.11. The fourth-order valence-electron chi connectivity index (χ4n) is 1.80. The van der Waals surface area contributed by atoms with E-state index in [4.69, 9.17) is 5.11 Å². The molecular weight excluding hydrogens is 222 g/mol. The lowest BCUT2D eigenvalue weighted by molar-refractivity contribution is -0.138. The van der Waals surface area contributed by atoms with Crippen molar-refractivity contribution in [3.8, 4) is 0 Å². The molecule has 1 rings (SSSR count). The van der Waals surface area contributed by atoms with Gasteiger partial charge in [0.1, 0.15) is 0 Å². The van der Waals surface area contributed by atoms with Gasteiger partial charge in [0, 0.05) is 16.3 Å². The third kappa shape index (κ3) is 3.94. The molecule has 1 N–H and O–H groups in total. The fourth-order valence-corrected chi connectivity index (χ4v) is 2.74. The van der Waals surface area contributed by atoms with Gasteiger partial charge in [0.15, 0.2) is 0 Å². The third-order valence-electron chi connectivity index (χ3n) is 2.44. The van der Waals surface area contributed by atoms with E-state index in [2.05, 4.69) is 26.8 Å². The van der Waals surface area contributed by atoms with Crippen LogP contribution in [0.3, 0.4) is 0 Å². The molecule has 1 aromatic rings. The van der Waals surface area contributed by atoms with E-state index in [1.807, 2.05) is 4.90 Å². The van der Waals surface area contributed by atoms with Crippen molar-refractivity contribution in [2.45, 2.75) is 33.7 Å². The zero-order valence-electron chi connectivity index (χ0n) is 10.1. The van der Waals surface area contributed by atoms with Crippen LogP contribution in [0, 0.1) is 13.8 Å². The number of carbonyl (C=O) groups is 1. The largest absolute Gasteiger partial charge is 0.480 e.